The number of ether oxygens (including phenoxy) is 2. The Kier molecular flexibility index (Phi) is 1.71. The van der Waals surface area contributed by atoms with Gasteiger partial charge in [-0.3, -0.25) is 9.59 Å². The lowest BCUT2D eigenvalue weighted by atomic mass is 10.4. The van der Waals surface area contributed by atoms with Crippen molar-refractivity contribution in [2.24, 2.45) is 0 Å². The molecule has 4 nitrogen and oxygen atoms in total. The number of esters is 2. The van der Waals surface area contributed by atoms with Crippen molar-refractivity contribution in [1.82, 2.24) is 0 Å². The summed E-state index contributed by atoms with van der Waals surface area (Å²) < 4.78 is 9.01. The van der Waals surface area contributed by atoms with Crippen LogP contribution in [0.3, 0.4) is 0 Å². The largest absolute Gasteiger partial charge is 0.421 e. The Morgan fingerprint density at radius 3 is 2.30 bits per heavy atom. The molecule has 0 aliphatic carbocycles. The maximum Gasteiger partial charge on any atom is 0.320 e. The van der Waals surface area contributed by atoms with Crippen LogP contribution in [0.25, 0.3) is 0 Å². The van der Waals surface area contributed by atoms with E-state index in [0.717, 1.165) is 0 Å². The van der Waals surface area contributed by atoms with Crippen molar-refractivity contribution in [2.45, 2.75) is 12.7 Å². The van der Waals surface area contributed by atoms with Crippen LogP contribution in [0.15, 0.2) is 12.7 Å². The molecular weight excluding hydrogens is 136 g/mol. The van der Waals surface area contributed by atoms with Gasteiger partial charge in [0.15, 0.2) is 0 Å². The van der Waals surface area contributed by atoms with E-state index in [9.17, 15) is 9.59 Å². The van der Waals surface area contributed by atoms with Gasteiger partial charge in [0, 0.05) is 0 Å². The lowest BCUT2D eigenvalue weighted by Gasteiger charge is -2.18. The van der Waals surface area contributed by atoms with E-state index in [0.29, 0.717) is 0 Å². The third-order valence-electron chi connectivity index (χ3n) is 0.976. The highest BCUT2D eigenvalue weighted by Gasteiger charge is 2.24. The molecule has 0 bridgehead atoms. The number of hydrogen-bond acceptors (Lipinski definition) is 4. The van der Waals surface area contributed by atoms with Crippen molar-refractivity contribution in [2.75, 3.05) is 0 Å². The average Bonchev–Trinajstić information content (AvgIpc) is 1.85. The monoisotopic (exact) mass is 142 g/mol. The van der Waals surface area contributed by atoms with Gasteiger partial charge in [-0.1, -0.05) is 6.58 Å². The Balaban J connectivity index is 2.58. The minimum absolute atomic E-state index is 0.301. The predicted octanol–water partition coefficient (Wildman–Crippen LogP) is -0.0114. The zero-order valence-electron chi connectivity index (χ0n) is 5.20. The SMILES string of the molecule is C=CC1OC(=O)CC(=O)O1. The molecule has 1 heterocycles. The van der Waals surface area contributed by atoms with Gasteiger partial charge in [0.25, 0.3) is 6.29 Å². The summed E-state index contributed by atoms with van der Waals surface area (Å²) in [6, 6.07) is 0. The zero-order chi connectivity index (χ0) is 7.56. The molecule has 0 unspecified atom stereocenters. The van der Waals surface area contributed by atoms with E-state index in [2.05, 4.69) is 16.1 Å². The second-order valence-corrected chi connectivity index (χ2v) is 1.76. The number of carbonyl (C=O) groups is 2. The quantitative estimate of drug-likeness (QED) is 0.293. The van der Waals surface area contributed by atoms with E-state index in [-0.39, 0.29) is 6.42 Å². The minimum Gasteiger partial charge on any atom is -0.421 e. The molecule has 1 saturated heterocycles. The summed E-state index contributed by atoms with van der Waals surface area (Å²) in [6.45, 7) is 3.30. The summed E-state index contributed by atoms with van der Waals surface area (Å²) in [4.78, 5) is 20.9. The summed E-state index contributed by atoms with van der Waals surface area (Å²) in [7, 11) is 0. The summed E-state index contributed by atoms with van der Waals surface area (Å²) in [5.74, 6) is -1.14. The van der Waals surface area contributed by atoms with Gasteiger partial charge in [0.05, 0.1) is 0 Å². The van der Waals surface area contributed by atoms with E-state index in [1.54, 1.807) is 0 Å². The maximum absolute atomic E-state index is 10.5. The third-order valence-corrected chi connectivity index (χ3v) is 0.976. The fraction of sp³-hybridized carbons (Fsp3) is 0.333. The first kappa shape index (κ1) is 6.80. The molecule has 0 atom stereocenters. The fourth-order valence-electron chi connectivity index (χ4n) is 0.581. The molecule has 1 rings (SSSR count). The second kappa shape index (κ2) is 2.51. The third kappa shape index (κ3) is 1.34. The van der Waals surface area contributed by atoms with Crippen molar-refractivity contribution < 1.29 is 19.1 Å². The highest BCUT2D eigenvalue weighted by atomic mass is 16.7. The van der Waals surface area contributed by atoms with Crippen LogP contribution in [-0.4, -0.2) is 18.2 Å². The van der Waals surface area contributed by atoms with E-state index in [4.69, 9.17) is 0 Å². The Morgan fingerprint density at radius 1 is 1.40 bits per heavy atom. The molecule has 0 aromatic carbocycles. The lowest BCUT2D eigenvalue weighted by molar-refractivity contribution is -0.194. The minimum atomic E-state index is -0.895. The van der Waals surface area contributed by atoms with Crippen LogP contribution in [0, 0.1) is 0 Å². The standard InChI is InChI=1S/C6H6O4/c1-2-6-9-4(7)3-5(8)10-6/h2,6H,1,3H2. The molecule has 1 aliphatic heterocycles. The normalized spacial score (nSPS) is 19.6. The van der Waals surface area contributed by atoms with E-state index < -0.39 is 18.2 Å². The first-order chi connectivity index (χ1) is 4.72. The fourth-order valence-corrected chi connectivity index (χ4v) is 0.581. The molecule has 0 saturated carbocycles. The van der Waals surface area contributed by atoms with Crippen molar-refractivity contribution in [3.05, 3.63) is 12.7 Å². The van der Waals surface area contributed by atoms with Gasteiger partial charge < -0.3 is 9.47 Å². The summed E-state index contributed by atoms with van der Waals surface area (Å²) in [6.07, 6.45) is 0.0491. The van der Waals surface area contributed by atoms with Gasteiger partial charge in [-0.05, 0) is 6.08 Å². The second-order valence-electron chi connectivity index (χ2n) is 1.76. The van der Waals surface area contributed by atoms with Gasteiger partial charge in [-0.15, -0.1) is 0 Å². The smallest absolute Gasteiger partial charge is 0.320 e. The number of cyclic esters (lactones) is 2. The molecule has 0 spiro atoms. The van der Waals surface area contributed by atoms with Crippen molar-refractivity contribution in [3.8, 4) is 0 Å². The number of hydrogen-bond donors (Lipinski definition) is 0. The summed E-state index contributed by atoms with van der Waals surface area (Å²) >= 11 is 0. The van der Waals surface area contributed by atoms with E-state index >= 15 is 0 Å². The molecular formula is C6H6O4. The summed E-state index contributed by atoms with van der Waals surface area (Å²) in [5, 5.41) is 0. The van der Waals surface area contributed by atoms with Crippen molar-refractivity contribution in [1.29, 1.82) is 0 Å². The van der Waals surface area contributed by atoms with Crippen molar-refractivity contribution in [3.63, 3.8) is 0 Å². The molecule has 1 aliphatic rings. The van der Waals surface area contributed by atoms with E-state index in [1.165, 1.54) is 6.08 Å². The highest BCUT2D eigenvalue weighted by molar-refractivity contribution is 5.92. The van der Waals surface area contributed by atoms with Gasteiger partial charge in [0.1, 0.15) is 6.42 Å². The van der Waals surface area contributed by atoms with Crippen LogP contribution in [-0.2, 0) is 19.1 Å². The van der Waals surface area contributed by atoms with Gasteiger partial charge in [-0.2, -0.15) is 0 Å². The Hall–Kier alpha value is -1.32. The molecule has 0 N–H and O–H groups in total. The molecule has 0 aromatic rings. The van der Waals surface area contributed by atoms with Crippen LogP contribution in [0.5, 0.6) is 0 Å². The Morgan fingerprint density at radius 2 is 1.90 bits per heavy atom. The van der Waals surface area contributed by atoms with Crippen LogP contribution >= 0.6 is 0 Å². The molecule has 0 radical (unpaired) electrons. The molecule has 10 heavy (non-hydrogen) atoms. The van der Waals surface area contributed by atoms with Crippen molar-refractivity contribution >= 4 is 11.9 Å². The number of rotatable bonds is 1. The lowest BCUT2D eigenvalue weighted by Crippen LogP contribution is -2.30. The Labute approximate surface area is 57.4 Å². The van der Waals surface area contributed by atoms with Crippen LogP contribution in [0.4, 0.5) is 0 Å². The molecule has 54 valence electrons. The highest BCUT2D eigenvalue weighted by Crippen LogP contribution is 2.07. The molecule has 0 amide bonds. The first-order valence-electron chi connectivity index (χ1n) is 2.74. The molecule has 1 fully saturated rings. The Bertz CT molecular complexity index is 168. The van der Waals surface area contributed by atoms with Crippen LogP contribution in [0.2, 0.25) is 0 Å². The zero-order valence-corrected chi connectivity index (χ0v) is 5.20. The summed E-state index contributed by atoms with van der Waals surface area (Å²) in [5.41, 5.74) is 0. The molecule has 4 heteroatoms. The van der Waals surface area contributed by atoms with Gasteiger partial charge in [-0.25, -0.2) is 0 Å². The van der Waals surface area contributed by atoms with Crippen LogP contribution in [0.1, 0.15) is 6.42 Å². The average molecular weight is 142 g/mol. The predicted molar refractivity (Wildman–Crippen MR) is 30.8 cm³/mol. The number of carbonyl (C=O) groups excluding carboxylic acids is 2. The van der Waals surface area contributed by atoms with E-state index in [1.807, 2.05) is 0 Å². The maximum atomic E-state index is 10.5. The van der Waals surface area contributed by atoms with Gasteiger partial charge in [0.2, 0.25) is 0 Å². The first-order valence-corrected chi connectivity index (χ1v) is 2.74. The topological polar surface area (TPSA) is 52.6 Å². The van der Waals surface area contributed by atoms with Gasteiger partial charge >= 0.3 is 11.9 Å². The molecule has 0 aromatic heterocycles. The van der Waals surface area contributed by atoms with Crippen LogP contribution < -0.4 is 0 Å².